The number of aromatic nitrogens is 2. The van der Waals surface area contributed by atoms with Gasteiger partial charge in [-0.05, 0) is 44.2 Å². The third-order valence-electron chi connectivity index (χ3n) is 4.81. The van der Waals surface area contributed by atoms with Gasteiger partial charge in [0.05, 0.1) is 6.04 Å². The first-order valence-electron chi connectivity index (χ1n) is 8.90. The predicted molar refractivity (Wildman–Crippen MR) is 95.3 cm³/mol. The van der Waals surface area contributed by atoms with Gasteiger partial charge in [-0.1, -0.05) is 0 Å². The van der Waals surface area contributed by atoms with E-state index < -0.39 is 0 Å². The van der Waals surface area contributed by atoms with Crippen LogP contribution in [-0.4, -0.2) is 62.2 Å². The summed E-state index contributed by atoms with van der Waals surface area (Å²) in [6, 6.07) is 1.98. The van der Waals surface area contributed by atoms with Crippen LogP contribution in [0.5, 0.6) is 0 Å². The van der Waals surface area contributed by atoms with Crippen molar-refractivity contribution in [1.29, 1.82) is 0 Å². The Morgan fingerprint density at radius 2 is 2.29 bits per heavy atom. The maximum atomic E-state index is 12.1. The second-order valence-corrected chi connectivity index (χ2v) is 6.96. The molecule has 1 amide bonds. The first-order chi connectivity index (χ1) is 11.6. The molecule has 0 aromatic carbocycles. The van der Waals surface area contributed by atoms with Crippen molar-refractivity contribution in [2.75, 3.05) is 50.1 Å². The van der Waals surface area contributed by atoms with Gasteiger partial charge in [-0.25, -0.2) is 4.98 Å². The quantitative estimate of drug-likeness (QED) is 0.824. The van der Waals surface area contributed by atoms with E-state index in [4.69, 9.17) is 0 Å². The topological polar surface area (TPSA) is 73.4 Å². The van der Waals surface area contributed by atoms with Crippen molar-refractivity contribution in [3.63, 3.8) is 0 Å². The Bertz CT molecular complexity index is 558. The van der Waals surface area contributed by atoms with Gasteiger partial charge in [0.25, 0.3) is 0 Å². The molecule has 0 saturated carbocycles. The van der Waals surface area contributed by atoms with Gasteiger partial charge in [-0.15, -0.1) is 0 Å². The summed E-state index contributed by atoms with van der Waals surface area (Å²) in [5, 5.41) is 6.38. The second-order valence-electron chi connectivity index (χ2n) is 6.96. The Labute approximate surface area is 143 Å². The highest BCUT2D eigenvalue weighted by molar-refractivity contribution is 5.82. The largest absolute Gasteiger partial charge is 0.356 e. The number of piperidine rings is 1. The van der Waals surface area contributed by atoms with E-state index in [0.29, 0.717) is 5.92 Å². The lowest BCUT2D eigenvalue weighted by atomic mass is 9.98. The Hall–Kier alpha value is -1.89. The first-order valence-corrected chi connectivity index (χ1v) is 8.90. The van der Waals surface area contributed by atoms with Gasteiger partial charge >= 0.3 is 0 Å². The van der Waals surface area contributed by atoms with Crippen molar-refractivity contribution in [3.8, 4) is 0 Å². The van der Waals surface area contributed by atoms with Gasteiger partial charge in [0, 0.05) is 39.9 Å². The van der Waals surface area contributed by atoms with Crippen LogP contribution in [0, 0.1) is 5.92 Å². The maximum absolute atomic E-state index is 12.1. The van der Waals surface area contributed by atoms with E-state index in [0.717, 1.165) is 63.6 Å². The van der Waals surface area contributed by atoms with Gasteiger partial charge in [0.1, 0.15) is 5.82 Å². The Kier molecular flexibility index (Phi) is 5.50. The van der Waals surface area contributed by atoms with Crippen LogP contribution in [-0.2, 0) is 4.79 Å². The van der Waals surface area contributed by atoms with E-state index in [1.807, 2.05) is 31.3 Å². The van der Waals surface area contributed by atoms with Crippen LogP contribution in [0.2, 0.25) is 0 Å². The number of rotatable bonds is 5. The number of amides is 1. The van der Waals surface area contributed by atoms with Gasteiger partial charge in [-0.3, -0.25) is 4.79 Å². The molecule has 2 atom stereocenters. The molecule has 1 aromatic heterocycles. The van der Waals surface area contributed by atoms with Crippen molar-refractivity contribution in [3.05, 3.63) is 12.3 Å². The van der Waals surface area contributed by atoms with Gasteiger partial charge in [-0.2, -0.15) is 4.98 Å². The molecule has 2 unspecified atom stereocenters. The number of carbonyl (C=O) groups is 1. The van der Waals surface area contributed by atoms with Crippen LogP contribution in [0.4, 0.5) is 11.8 Å². The average Bonchev–Trinajstić information content (AvgIpc) is 3.15. The van der Waals surface area contributed by atoms with Crippen LogP contribution in [0.3, 0.4) is 0 Å². The van der Waals surface area contributed by atoms with Crippen LogP contribution in [0.1, 0.15) is 25.7 Å². The fourth-order valence-corrected chi connectivity index (χ4v) is 3.45. The van der Waals surface area contributed by atoms with Crippen LogP contribution >= 0.6 is 0 Å². The fraction of sp³-hybridized carbons (Fsp3) is 0.706. The molecule has 1 aromatic rings. The number of hydrogen-bond acceptors (Lipinski definition) is 6. The van der Waals surface area contributed by atoms with E-state index >= 15 is 0 Å². The molecule has 2 saturated heterocycles. The van der Waals surface area contributed by atoms with Gasteiger partial charge in [0.2, 0.25) is 11.9 Å². The van der Waals surface area contributed by atoms with E-state index in [9.17, 15) is 4.79 Å². The summed E-state index contributed by atoms with van der Waals surface area (Å²) < 4.78 is 0. The van der Waals surface area contributed by atoms with Gasteiger partial charge < -0.3 is 20.4 Å². The SMILES string of the molecule is CN(C)c1nccc(N2CCCC(CNC(=O)C3CCCN3)C2)n1. The summed E-state index contributed by atoms with van der Waals surface area (Å²) in [6.45, 7) is 3.65. The minimum Gasteiger partial charge on any atom is -0.356 e. The molecule has 2 aliphatic heterocycles. The van der Waals surface area contributed by atoms with Crippen molar-refractivity contribution in [1.82, 2.24) is 20.6 Å². The Balaban J connectivity index is 1.54. The third-order valence-corrected chi connectivity index (χ3v) is 4.81. The molecule has 0 bridgehead atoms. The number of anilines is 2. The highest BCUT2D eigenvalue weighted by Gasteiger charge is 2.25. The third kappa shape index (κ3) is 4.14. The molecule has 132 valence electrons. The van der Waals surface area contributed by atoms with Crippen LogP contribution < -0.4 is 20.4 Å². The molecule has 3 rings (SSSR count). The molecular weight excluding hydrogens is 304 g/mol. The van der Waals surface area contributed by atoms with Crippen LogP contribution in [0.15, 0.2) is 12.3 Å². The Morgan fingerprint density at radius 1 is 1.42 bits per heavy atom. The molecule has 2 fully saturated rings. The molecule has 7 nitrogen and oxygen atoms in total. The van der Waals surface area contributed by atoms with E-state index in [-0.39, 0.29) is 11.9 Å². The minimum absolute atomic E-state index is 0.00853. The standard InChI is InChI=1S/C17H28N6O/c1-22(2)17-19-9-7-15(21-17)23-10-4-5-13(12-23)11-20-16(24)14-6-3-8-18-14/h7,9,13-14,18H,3-6,8,10-12H2,1-2H3,(H,20,24). The highest BCUT2D eigenvalue weighted by atomic mass is 16.2. The van der Waals surface area contributed by atoms with E-state index in [1.165, 1.54) is 0 Å². The van der Waals surface area contributed by atoms with Crippen molar-refractivity contribution < 1.29 is 4.79 Å². The summed E-state index contributed by atoms with van der Waals surface area (Å²) in [5.41, 5.74) is 0. The highest BCUT2D eigenvalue weighted by Crippen LogP contribution is 2.22. The smallest absolute Gasteiger partial charge is 0.237 e. The van der Waals surface area contributed by atoms with Crippen LogP contribution in [0.25, 0.3) is 0 Å². The minimum atomic E-state index is 0.00853. The zero-order valence-electron chi connectivity index (χ0n) is 14.7. The number of hydrogen-bond donors (Lipinski definition) is 2. The summed E-state index contributed by atoms with van der Waals surface area (Å²) in [4.78, 5) is 25.3. The number of nitrogens with zero attached hydrogens (tertiary/aromatic N) is 4. The van der Waals surface area contributed by atoms with Crippen molar-refractivity contribution in [2.24, 2.45) is 5.92 Å². The number of carbonyl (C=O) groups excluding carboxylic acids is 1. The van der Waals surface area contributed by atoms with Crippen molar-refractivity contribution in [2.45, 2.75) is 31.7 Å². The maximum Gasteiger partial charge on any atom is 0.237 e. The molecule has 2 N–H and O–H groups in total. The van der Waals surface area contributed by atoms with Crippen molar-refractivity contribution >= 4 is 17.7 Å². The number of nitrogens with one attached hydrogen (secondary N) is 2. The predicted octanol–water partition coefficient (Wildman–Crippen LogP) is 0.627. The first kappa shape index (κ1) is 17.0. The summed E-state index contributed by atoms with van der Waals surface area (Å²) >= 11 is 0. The summed E-state index contributed by atoms with van der Waals surface area (Å²) in [5.74, 6) is 2.33. The second kappa shape index (κ2) is 7.79. The lowest BCUT2D eigenvalue weighted by molar-refractivity contribution is -0.122. The van der Waals surface area contributed by atoms with Gasteiger partial charge in [0.15, 0.2) is 0 Å². The molecule has 0 radical (unpaired) electrons. The average molecular weight is 332 g/mol. The normalized spacial score (nSPS) is 24.0. The molecule has 0 aliphatic carbocycles. The molecular formula is C17H28N6O. The summed E-state index contributed by atoms with van der Waals surface area (Å²) in [7, 11) is 3.90. The van der Waals surface area contributed by atoms with E-state index in [1.54, 1.807) is 0 Å². The molecule has 2 aliphatic rings. The molecule has 7 heteroatoms. The molecule has 3 heterocycles. The van der Waals surface area contributed by atoms with E-state index in [2.05, 4.69) is 25.5 Å². The monoisotopic (exact) mass is 332 g/mol. The zero-order chi connectivity index (χ0) is 16.9. The molecule has 0 spiro atoms. The molecule has 24 heavy (non-hydrogen) atoms. The lowest BCUT2D eigenvalue weighted by Crippen LogP contribution is -2.45. The zero-order valence-corrected chi connectivity index (χ0v) is 14.7. The lowest BCUT2D eigenvalue weighted by Gasteiger charge is -2.34. The summed E-state index contributed by atoms with van der Waals surface area (Å²) in [6.07, 6.45) is 6.15. The fourth-order valence-electron chi connectivity index (χ4n) is 3.45. The Morgan fingerprint density at radius 3 is 3.04 bits per heavy atom.